The number of aliphatic hydroxyl groups excluding tert-OH is 1. The number of benzene rings is 1. The van der Waals surface area contributed by atoms with Crippen LogP contribution in [0, 0.1) is 11.2 Å². The zero-order valence-electron chi connectivity index (χ0n) is 16.2. The van der Waals surface area contributed by atoms with E-state index < -0.39 is 6.23 Å². The molecule has 1 unspecified atom stereocenters. The summed E-state index contributed by atoms with van der Waals surface area (Å²) < 4.78 is 20.6. The second kappa shape index (κ2) is 7.40. The maximum Gasteiger partial charge on any atom is 0.165 e. The first-order valence-corrected chi connectivity index (χ1v) is 10.1. The highest BCUT2D eigenvalue weighted by Gasteiger charge is 2.34. The average molecular weight is 375 g/mol. The zero-order valence-corrected chi connectivity index (χ0v) is 16.2. The molecular weight excluding hydrogens is 345 g/mol. The number of hydrazone groups is 1. The molecule has 0 radical (unpaired) electrons. The van der Waals surface area contributed by atoms with Crippen LogP contribution >= 0.6 is 0 Å². The maximum atomic E-state index is 14.6. The SMILES string of the molecule is CC1(C)CC(c2ccc(OC3CCN(C4CCC4)CC3)c(F)c2)=NNC1O. The number of nitrogens with one attached hydrogen (secondary N) is 1. The Morgan fingerprint density at radius 2 is 1.96 bits per heavy atom. The van der Waals surface area contributed by atoms with Gasteiger partial charge in [-0.05, 0) is 43.9 Å². The van der Waals surface area contributed by atoms with Gasteiger partial charge in [0.1, 0.15) is 12.3 Å². The standard InChI is InChI=1S/C21H30FN3O2/c1-21(2)13-18(23-24-20(21)26)14-6-7-19(17(22)12-14)27-16-8-10-25(11-9-16)15-4-3-5-15/h6-7,12,15-16,20,24,26H,3-5,8-11,13H2,1-2H3. The van der Waals surface area contributed by atoms with Crippen LogP contribution in [-0.2, 0) is 0 Å². The highest BCUT2D eigenvalue weighted by molar-refractivity contribution is 6.01. The van der Waals surface area contributed by atoms with E-state index in [1.807, 2.05) is 19.9 Å². The predicted molar refractivity (Wildman–Crippen MR) is 103 cm³/mol. The summed E-state index contributed by atoms with van der Waals surface area (Å²) in [7, 11) is 0. The highest BCUT2D eigenvalue weighted by Crippen LogP contribution is 2.32. The number of halogens is 1. The molecule has 0 aromatic heterocycles. The molecule has 3 aliphatic rings. The Kier molecular flexibility index (Phi) is 5.12. The predicted octanol–water partition coefficient (Wildman–Crippen LogP) is 3.26. The Hall–Kier alpha value is -1.66. The third kappa shape index (κ3) is 3.97. The smallest absolute Gasteiger partial charge is 0.165 e. The summed E-state index contributed by atoms with van der Waals surface area (Å²) in [6.07, 6.45) is 5.91. The largest absolute Gasteiger partial charge is 0.487 e. The van der Waals surface area contributed by atoms with Crippen molar-refractivity contribution < 1.29 is 14.2 Å². The summed E-state index contributed by atoms with van der Waals surface area (Å²) in [5, 5.41) is 14.1. The Morgan fingerprint density at radius 3 is 2.56 bits per heavy atom. The highest BCUT2D eigenvalue weighted by atomic mass is 19.1. The molecule has 27 heavy (non-hydrogen) atoms. The third-order valence-corrected chi connectivity index (χ3v) is 6.31. The molecule has 1 saturated carbocycles. The van der Waals surface area contributed by atoms with Gasteiger partial charge in [0, 0.05) is 36.5 Å². The third-order valence-electron chi connectivity index (χ3n) is 6.31. The monoisotopic (exact) mass is 375 g/mol. The van der Waals surface area contributed by atoms with Crippen molar-refractivity contribution in [1.82, 2.24) is 10.3 Å². The first-order chi connectivity index (χ1) is 12.9. The van der Waals surface area contributed by atoms with Crippen molar-refractivity contribution in [3.8, 4) is 5.75 Å². The fourth-order valence-corrected chi connectivity index (χ4v) is 4.11. The van der Waals surface area contributed by atoms with Crippen LogP contribution in [0.1, 0.15) is 57.9 Å². The van der Waals surface area contributed by atoms with Crippen LogP contribution in [0.25, 0.3) is 0 Å². The van der Waals surface area contributed by atoms with Crippen molar-refractivity contribution in [3.05, 3.63) is 29.6 Å². The molecule has 1 saturated heterocycles. The fraction of sp³-hybridized carbons (Fsp3) is 0.667. The Morgan fingerprint density at radius 1 is 1.22 bits per heavy atom. The van der Waals surface area contributed by atoms with Crippen molar-refractivity contribution in [3.63, 3.8) is 0 Å². The lowest BCUT2D eigenvalue weighted by Crippen LogP contribution is -2.46. The van der Waals surface area contributed by atoms with Crippen LogP contribution in [0.4, 0.5) is 4.39 Å². The molecule has 2 N–H and O–H groups in total. The molecule has 4 rings (SSSR count). The van der Waals surface area contributed by atoms with Gasteiger partial charge in [0.2, 0.25) is 0 Å². The number of ether oxygens (including phenoxy) is 1. The van der Waals surface area contributed by atoms with Crippen molar-refractivity contribution in [2.24, 2.45) is 10.5 Å². The maximum absolute atomic E-state index is 14.6. The van der Waals surface area contributed by atoms with Crippen molar-refractivity contribution in [2.45, 2.75) is 70.7 Å². The molecule has 1 aromatic rings. The van der Waals surface area contributed by atoms with Crippen molar-refractivity contribution in [1.29, 1.82) is 0 Å². The van der Waals surface area contributed by atoms with Gasteiger partial charge in [0.15, 0.2) is 11.6 Å². The number of nitrogens with zero attached hydrogens (tertiary/aromatic N) is 2. The van der Waals surface area contributed by atoms with Gasteiger partial charge in [0.05, 0.1) is 5.71 Å². The normalized spacial score (nSPS) is 26.8. The molecule has 1 aliphatic carbocycles. The van der Waals surface area contributed by atoms with Gasteiger partial charge in [-0.2, -0.15) is 5.10 Å². The molecule has 0 spiro atoms. The van der Waals surface area contributed by atoms with Crippen LogP contribution in [0.3, 0.4) is 0 Å². The van der Waals surface area contributed by atoms with E-state index >= 15 is 0 Å². The van der Waals surface area contributed by atoms with Gasteiger partial charge < -0.3 is 14.7 Å². The fourth-order valence-electron chi connectivity index (χ4n) is 4.11. The van der Waals surface area contributed by atoms with Crippen LogP contribution in [-0.4, -0.2) is 47.2 Å². The summed E-state index contributed by atoms with van der Waals surface area (Å²) >= 11 is 0. The van der Waals surface area contributed by atoms with Gasteiger partial charge in [-0.25, -0.2) is 4.39 Å². The number of likely N-dealkylation sites (tertiary alicyclic amines) is 1. The first-order valence-electron chi connectivity index (χ1n) is 10.1. The van der Waals surface area contributed by atoms with E-state index in [0.717, 1.165) is 43.2 Å². The van der Waals surface area contributed by atoms with Crippen LogP contribution < -0.4 is 10.2 Å². The van der Waals surface area contributed by atoms with E-state index in [-0.39, 0.29) is 17.3 Å². The molecule has 2 fully saturated rings. The number of hydrogen-bond donors (Lipinski definition) is 2. The summed E-state index contributed by atoms with van der Waals surface area (Å²) in [5.41, 5.74) is 3.86. The molecule has 1 aromatic carbocycles. The lowest BCUT2D eigenvalue weighted by atomic mass is 9.82. The van der Waals surface area contributed by atoms with E-state index in [1.54, 1.807) is 6.07 Å². The first kappa shape index (κ1) is 18.7. The lowest BCUT2D eigenvalue weighted by molar-refractivity contribution is 0.0199. The summed E-state index contributed by atoms with van der Waals surface area (Å²) in [4.78, 5) is 2.56. The lowest BCUT2D eigenvalue weighted by Gasteiger charge is -2.41. The van der Waals surface area contributed by atoms with Crippen molar-refractivity contribution in [2.75, 3.05) is 13.1 Å². The summed E-state index contributed by atoms with van der Waals surface area (Å²) in [6.45, 7) is 6.02. The van der Waals surface area contributed by atoms with Crippen molar-refractivity contribution >= 4 is 5.71 Å². The Bertz CT molecular complexity index is 709. The van der Waals surface area contributed by atoms with E-state index in [2.05, 4.69) is 15.4 Å². The Labute approximate surface area is 160 Å². The van der Waals surface area contributed by atoms with E-state index in [0.29, 0.717) is 12.2 Å². The van der Waals surface area contributed by atoms with Crippen LogP contribution in [0.2, 0.25) is 0 Å². The molecule has 2 heterocycles. The average Bonchev–Trinajstić information content (AvgIpc) is 2.59. The van der Waals surface area contributed by atoms with Gasteiger partial charge in [-0.1, -0.05) is 20.3 Å². The van der Waals surface area contributed by atoms with Gasteiger partial charge in [-0.3, -0.25) is 5.43 Å². The molecule has 5 nitrogen and oxygen atoms in total. The van der Waals surface area contributed by atoms with E-state index in [4.69, 9.17) is 4.74 Å². The van der Waals surface area contributed by atoms with Gasteiger partial charge in [-0.15, -0.1) is 0 Å². The second-order valence-electron chi connectivity index (χ2n) is 8.84. The van der Waals surface area contributed by atoms with Crippen LogP contribution in [0.5, 0.6) is 5.75 Å². The van der Waals surface area contributed by atoms with E-state index in [9.17, 15) is 9.50 Å². The number of hydrogen-bond acceptors (Lipinski definition) is 5. The molecule has 148 valence electrons. The number of rotatable bonds is 4. The quantitative estimate of drug-likeness (QED) is 0.848. The molecule has 0 bridgehead atoms. The second-order valence-corrected chi connectivity index (χ2v) is 8.84. The molecule has 1 atom stereocenters. The van der Waals surface area contributed by atoms with Gasteiger partial charge in [0.25, 0.3) is 0 Å². The van der Waals surface area contributed by atoms with E-state index in [1.165, 1.54) is 25.3 Å². The molecular formula is C21H30FN3O2. The van der Waals surface area contributed by atoms with Crippen LogP contribution in [0.15, 0.2) is 23.3 Å². The summed E-state index contributed by atoms with van der Waals surface area (Å²) in [6, 6.07) is 5.84. The van der Waals surface area contributed by atoms with Gasteiger partial charge >= 0.3 is 0 Å². The minimum Gasteiger partial charge on any atom is -0.487 e. The molecule has 0 amide bonds. The minimum absolute atomic E-state index is 0.0874. The zero-order chi connectivity index (χ0) is 19.0. The minimum atomic E-state index is -0.695. The number of piperidine rings is 1. The summed E-state index contributed by atoms with van der Waals surface area (Å²) in [5.74, 6) is -0.0231. The molecule has 2 aliphatic heterocycles. The number of aliphatic hydroxyl groups is 1. The molecule has 6 heteroatoms. The Balaban J connectivity index is 1.38. The topological polar surface area (TPSA) is 57.1 Å².